The maximum atomic E-state index is 12.6. The maximum Gasteiger partial charge on any atom is 0.321 e. The summed E-state index contributed by atoms with van der Waals surface area (Å²) in [6, 6.07) is 9.03. The van der Waals surface area contributed by atoms with Crippen LogP contribution in [0.4, 0.5) is 28.1 Å². The van der Waals surface area contributed by atoms with Crippen molar-refractivity contribution >= 4 is 46.5 Å². The summed E-state index contributed by atoms with van der Waals surface area (Å²) in [4.78, 5) is 30.6. The van der Waals surface area contributed by atoms with E-state index >= 15 is 0 Å². The molecule has 1 saturated heterocycles. The summed E-state index contributed by atoms with van der Waals surface area (Å²) in [6.07, 6.45) is 0. The Bertz CT molecular complexity index is 1010. The van der Waals surface area contributed by atoms with Gasteiger partial charge in [-0.3, -0.25) is 9.69 Å². The number of aryl methyl sites for hydroxylation is 1. The van der Waals surface area contributed by atoms with Crippen molar-refractivity contribution in [2.75, 3.05) is 29.0 Å². The molecule has 138 valence electrons. The molecule has 10 heteroatoms. The molecule has 0 saturated carbocycles. The fourth-order valence-electron chi connectivity index (χ4n) is 2.79. The van der Waals surface area contributed by atoms with Crippen molar-refractivity contribution in [3.8, 4) is 0 Å². The molecule has 4 rings (SSSR count). The molecule has 2 amide bonds. The number of benzene rings is 1. The lowest BCUT2D eigenvalue weighted by Crippen LogP contribution is -2.27. The van der Waals surface area contributed by atoms with Crippen LogP contribution < -0.4 is 21.3 Å². The fraction of sp³-hybridized carbons (Fsp3) is 0.176. The van der Waals surface area contributed by atoms with Crippen LogP contribution in [0.25, 0.3) is 0 Å². The summed E-state index contributed by atoms with van der Waals surface area (Å²) in [7, 11) is 0. The number of carbonyl (C=O) groups excluding carboxylic acids is 2. The second-order valence-electron chi connectivity index (χ2n) is 6.00. The number of anilines is 4. The van der Waals surface area contributed by atoms with Gasteiger partial charge in [0.1, 0.15) is 0 Å². The quantitative estimate of drug-likeness (QED) is 0.636. The highest BCUT2D eigenvalue weighted by molar-refractivity contribution is 7.12. The van der Waals surface area contributed by atoms with E-state index in [1.807, 2.05) is 42.6 Å². The van der Waals surface area contributed by atoms with Crippen molar-refractivity contribution in [2.24, 2.45) is 0 Å². The topological polar surface area (TPSA) is 118 Å². The number of nitrogen functional groups attached to an aromatic ring is 1. The third kappa shape index (κ3) is 3.22. The molecule has 0 bridgehead atoms. The number of nitrogens with two attached hydrogens (primary N) is 1. The van der Waals surface area contributed by atoms with Crippen LogP contribution in [0.5, 0.6) is 0 Å². The number of amides is 2. The van der Waals surface area contributed by atoms with Crippen molar-refractivity contribution in [1.29, 1.82) is 0 Å². The van der Waals surface area contributed by atoms with E-state index in [1.165, 1.54) is 11.3 Å². The van der Waals surface area contributed by atoms with E-state index in [0.717, 1.165) is 21.6 Å². The van der Waals surface area contributed by atoms with Gasteiger partial charge in [-0.25, -0.2) is 4.79 Å². The molecule has 0 spiro atoms. The highest BCUT2D eigenvalue weighted by atomic mass is 32.1. The van der Waals surface area contributed by atoms with E-state index in [9.17, 15) is 9.59 Å². The molecule has 1 aliphatic rings. The third-order valence-corrected chi connectivity index (χ3v) is 5.18. The van der Waals surface area contributed by atoms with E-state index in [-0.39, 0.29) is 23.8 Å². The molecule has 1 fully saturated rings. The lowest BCUT2D eigenvalue weighted by atomic mass is 10.2. The number of hydrogen-bond donors (Lipinski definition) is 3. The second-order valence-corrected chi connectivity index (χ2v) is 6.91. The minimum Gasteiger partial charge on any atom is -0.368 e. The maximum absolute atomic E-state index is 12.6. The molecular formula is C17H17N7O2S. The number of rotatable bonds is 4. The Labute approximate surface area is 158 Å². The first-order valence-electron chi connectivity index (χ1n) is 8.27. The molecule has 0 atom stereocenters. The number of carbonyl (C=O) groups is 2. The summed E-state index contributed by atoms with van der Waals surface area (Å²) in [5.41, 5.74) is 8.25. The molecule has 3 aromatic rings. The van der Waals surface area contributed by atoms with Gasteiger partial charge in [0.15, 0.2) is 0 Å². The Morgan fingerprint density at radius 1 is 1.30 bits per heavy atom. The average molecular weight is 383 g/mol. The van der Waals surface area contributed by atoms with E-state index in [2.05, 4.69) is 20.7 Å². The number of hydrogen-bond acceptors (Lipinski definition) is 7. The molecule has 0 unspecified atom stereocenters. The van der Waals surface area contributed by atoms with Crippen molar-refractivity contribution in [3.05, 3.63) is 46.2 Å². The molecule has 9 nitrogen and oxygen atoms in total. The Morgan fingerprint density at radius 3 is 2.70 bits per heavy atom. The first-order valence-corrected chi connectivity index (χ1v) is 9.14. The van der Waals surface area contributed by atoms with Gasteiger partial charge in [0.25, 0.3) is 5.91 Å². The van der Waals surface area contributed by atoms with Gasteiger partial charge < -0.3 is 16.4 Å². The number of nitrogens with one attached hydrogen (secondary N) is 2. The summed E-state index contributed by atoms with van der Waals surface area (Å²) >= 11 is 1.34. The molecule has 1 aromatic carbocycles. The molecular weight excluding hydrogens is 366 g/mol. The van der Waals surface area contributed by atoms with Crippen LogP contribution in [0.2, 0.25) is 0 Å². The standard InChI is InChI=1S/C17H17N7O2S/c1-10-6-9-27-13(10)14(25)24-15(18)21-16(22-24)20-11-2-4-12(5-3-11)23-8-7-19-17(23)26/h2-6,9H,7-8H2,1H3,(H,19,26)(H3,18,20,21,22). The average Bonchev–Trinajstić information content (AvgIpc) is 3.36. The molecule has 27 heavy (non-hydrogen) atoms. The van der Waals surface area contributed by atoms with Crippen molar-refractivity contribution in [3.63, 3.8) is 0 Å². The normalized spacial score (nSPS) is 13.7. The van der Waals surface area contributed by atoms with Crippen molar-refractivity contribution in [2.45, 2.75) is 6.92 Å². The first kappa shape index (κ1) is 17.0. The van der Waals surface area contributed by atoms with E-state index in [1.54, 1.807) is 4.90 Å². The monoisotopic (exact) mass is 383 g/mol. The number of urea groups is 1. The Kier molecular flexibility index (Phi) is 4.24. The highest BCUT2D eigenvalue weighted by Gasteiger charge is 2.21. The van der Waals surface area contributed by atoms with Gasteiger partial charge in [0.2, 0.25) is 11.9 Å². The molecule has 0 aliphatic carbocycles. The lowest BCUT2D eigenvalue weighted by molar-refractivity contribution is 0.0951. The van der Waals surface area contributed by atoms with Crippen LogP contribution >= 0.6 is 11.3 Å². The SMILES string of the molecule is Cc1ccsc1C(=O)n1nc(Nc2ccc(N3CCNC3=O)cc2)nc1N. The Hall–Kier alpha value is -3.40. The van der Waals surface area contributed by atoms with Crippen LogP contribution in [-0.2, 0) is 0 Å². The number of thiophene rings is 1. The van der Waals surface area contributed by atoms with Gasteiger partial charge >= 0.3 is 6.03 Å². The van der Waals surface area contributed by atoms with Crippen LogP contribution in [-0.4, -0.2) is 39.8 Å². The van der Waals surface area contributed by atoms with Gasteiger partial charge in [-0.15, -0.1) is 16.4 Å². The summed E-state index contributed by atoms with van der Waals surface area (Å²) in [5, 5.41) is 11.8. The van der Waals surface area contributed by atoms with Gasteiger partial charge in [0.05, 0.1) is 4.88 Å². The smallest absolute Gasteiger partial charge is 0.321 e. The minimum atomic E-state index is -0.309. The zero-order valence-electron chi connectivity index (χ0n) is 14.5. The Morgan fingerprint density at radius 2 is 2.07 bits per heavy atom. The van der Waals surface area contributed by atoms with Gasteiger partial charge in [-0.05, 0) is 48.2 Å². The summed E-state index contributed by atoms with van der Waals surface area (Å²) in [6.45, 7) is 3.13. The zero-order valence-corrected chi connectivity index (χ0v) is 15.3. The fourth-order valence-corrected chi connectivity index (χ4v) is 3.64. The summed E-state index contributed by atoms with van der Waals surface area (Å²) < 4.78 is 1.09. The Balaban J connectivity index is 1.51. The largest absolute Gasteiger partial charge is 0.368 e. The number of nitrogens with zero attached hydrogens (tertiary/aromatic N) is 4. The number of aromatic nitrogens is 3. The molecule has 2 aromatic heterocycles. The predicted octanol–water partition coefficient (Wildman–Crippen LogP) is 2.19. The summed E-state index contributed by atoms with van der Waals surface area (Å²) in [5.74, 6) is -0.0710. The van der Waals surface area contributed by atoms with Crippen molar-refractivity contribution < 1.29 is 9.59 Å². The van der Waals surface area contributed by atoms with Gasteiger partial charge in [-0.1, -0.05) is 0 Å². The minimum absolute atomic E-state index is 0.0145. The van der Waals surface area contributed by atoms with Crippen LogP contribution in [0.1, 0.15) is 15.2 Å². The lowest BCUT2D eigenvalue weighted by Gasteiger charge is -2.14. The second kappa shape index (κ2) is 6.72. The molecule has 4 N–H and O–H groups in total. The molecule has 3 heterocycles. The van der Waals surface area contributed by atoms with Crippen LogP contribution in [0.3, 0.4) is 0 Å². The zero-order chi connectivity index (χ0) is 19.0. The van der Waals surface area contributed by atoms with Crippen LogP contribution in [0.15, 0.2) is 35.7 Å². The molecule has 1 aliphatic heterocycles. The van der Waals surface area contributed by atoms with Gasteiger partial charge in [0, 0.05) is 24.5 Å². The predicted molar refractivity (Wildman–Crippen MR) is 104 cm³/mol. The van der Waals surface area contributed by atoms with Crippen LogP contribution in [0, 0.1) is 6.92 Å². The van der Waals surface area contributed by atoms with Crippen molar-refractivity contribution in [1.82, 2.24) is 20.1 Å². The van der Waals surface area contributed by atoms with E-state index in [4.69, 9.17) is 5.73 Å². The van der Waals surface area contributed by atoms with E-state index < -0.39 is 0 Å². The van der Waals surface area contributed by atoms with Gasteiger partial charge in [-0.2, -0.15) is 9.67 Å². The first-order chi connectivity index (χ1) is 13.0. The highest BCUT2D eigenvalue weighted by Crippen LogP contribution is 2.22. The molecule has 0 radical (unpaired) electrons. The third-order valence-electron chi connectivity index (χ3n) is 4.17. The van der Waals surface area contributed by atoms with E-state index in [0.29, 0.717) is 18.0 Å².